The molecule has 12 rings (SSSR count). The number of anilines is 2. The summed E-state index contributed by atoms with van der Waals surface area (Å²) in [6.45, 7) is -1.35. The fraction of sp³-hybridized carbons (Fsp3) is 0.349. The van der Waals surface area contributed by atoms with Crippen LogP contribution in [0.1, 0.15) is 24.0 Å². The summed E-state index contributed by atoms with van der Waals surface area (Å²) in [5, 5.41) is 21.3. The molecule has 0 unspecified atom stereocenters. The van der Waals surface area contributed by atoms with Gasteiger partial charge in [-0.05, 0) is 58.3 Å². The van der Waals surface area contributed by atoms with Crippen molar-refractivity contribution < 1.29 is 46.2 Å². The van der Waals surface area contributed by atoms with Gasteiger partial charge in [-0.25, -0.2) is 25.4 Å². The van der Waals surface area contributed by atoms with Crippen LogP contribution in [0.5, 0.6) is 0 Å². The first kappa shape index (κ1) is 43.2. The van der Waals surface area contributed by atoms with Gasteiger partial charge in [-0.1, -0.05) is 105 Å². The Labute approximate surface area is 390 Å². The van der Waals surface area contributed by atoms with Crippen LogP contribution < -0.4 is 8.61 Å². The molecule has 16 nitrogen and oxygen atoms in total. The number of nitrogens with zero attached hydrogens (tertiary/aromatic N) is 6. The monoisotopic (exact) mass is 992 g/mol. The largest absolute Gasteiger partial charge is 0.395 e. The van der Waals surface area contributed by atoms with E-state index >= 15 is 36.0 Å². The number of sulfonamides is 2. The SMILES string of the molecule is CN(CCO)C(=O)[C@@]12C[C@]3([C@]45C[C@@]67SS[C@@](CO)(C(=O)N6[C@H]4N(S(=O)(=O)c4ccccc4)c4ccccc45)N(C)C7=O)c4ccccc4N(S(=O)(=O)c4ccccc4)[C@@H]3N1C(=O)CSS2. The molecule has 2 bridgehead atoms. The van der Waals surface area contributed by atoms with Crippen molar-refractivity contribution in [2.24, 2.45) is 0 Å². The summed E-state index contributed by atoms with van der Waals surface area (Å²) in [5.74, 6) is -2.62. The van der Waals surface area contributed by atoms with Gasteiger partial charge in [0.25, 0.3) is 37.8 Å². The first-order valence-electron chi connectivity index (χ1n) is 20.6. The molecule has 4 amide bonds. The van der Waals surface area contributed by atoms with Crippen LogP contribution in [0.2, 0.25) is 0 Å². The van der Waals surface area contributed by atoms with Crippen molar-refractivity contribution in [1.29, 1.82) is 0 Å². The van der Waals surface area contributed by atoms with Crippen LogP contribution >= 0.6 is 43.2 Å². The van der Waals surface area contributed by atoms with Gasteiger partial charge in [0.15, 0.2) is 9.74 Å². The van der Waals surface area contributed by atoms with Crippen molar-refractivity contribution >= 4 is 98.2 Å². The summed E-state index contributed by atoms with van der Waals surface area (Å²) in [4.78, 5) is 61.0. The lowest BCUT2D eigenvalue weighted by Gasteiger charge is -2.58. The molecular formula is C43H40N6O10S6. The average molecular weight is 993 g/mol. The molecule has 6 fully saturated rings. The Balaban J connectivity index is 1.31. The first-order valence-corrected chi connectivity index (χ1v) is 27.9. The highest BCUT2D eigenvalue weighted by Gasteiger charge is 2.88. The molecule has 22 heteroatoms. The molecule has 0 saturated carbocycles. The minimum absolute atomic E-state index is 0.114. The molecule has 6 saturated heterocycles. The third-order valence-electron chi connectivity index (χ3n) is 14.3. The summed E-state index contributed by atoms with van der Waals surface area (Å²) < 4.78 is 65.2. The third-order valence-corrected chi connectivity index (χ3v) is 24.3. The van der Waals surface area contributed by atoms with Gasteiger partial charge in [0, 0.05) is 33.5 Å². The number of rotatable bonds is 9. The minimum Gasteiger partial charge on any atom is -0.395 e. The van der Waals surface area contributed by atoms with E-state index in [1.165, 1.54) is 66.6 Å². The van der Waals surface area contributed by atoms with E-state index in [2.05, 4.69) is 0 Å². The van der Waals surface area contributed by atoms with Crippen molar-refractivity contribution in [2.75, 3.05) is 48.2 Å². The molecule has 7 atom stereocenters. The summed E-state index contributed by atoms with van der Waals surface area (Å²) in [5.41, 5.74) is -2.62. The van der Waals surface area contributed by atoms with Crippen LogP contribution in [0.25, 0.3) is 0 Å². The van der Waals surface area contributed by atoms with Crippen LogP contribution in [0.4, 0.5) is 11.4 Å². The highest BCUT2D eigenvalue weighted by Crippen LogP contribution is 2.79. The second-order valence-electron chi connectivity index (χ2n) is 17.1. The van der Waals surface area contributed by atoms with E-state index in [9.17, 15) is 10.2 Å². The van der Waals surface area contributed by atoms with Gasteiger partial charge in [0.05, 0.1) is 51.0 Å². The lowest BCUT2D eigenvalue weighted by Crippen LogP contribution is -2.78. The number of para-hydroxylation sites is 2. The predicted molar refractivity (Wildman–Crippen MR) is 247 cm³/mol. The smallest absolute Gasteiger partial charge is 0.266 e. The number of likely N-dealkylation sites (N-methyl/N-ethyl adjacent to an activating group) is 2. The highest BCUT2D eigenvalue weighted by atomic mass is 33.1. The Bertz CT molecular complexity index is 2980. The first-order chi connectivity index (χ1) is 31.1. The minimum atomic E-state index is -4.70. The lowest BCUT2D eigenvalue weighted by molar-refractivity contribution is -0.166. The molecule has 65 heavy (non-hydrogen) atoms. The number of aliphatic hydroxyl groups excluding tert-OH is 2. The predicted octanol–water partition coefficient (Wildman–Crippen LogP) is 3.19. The Morgan fingerprint density at radius 2 is 1.20 bits per heavy atom. The maximum atomic E-state index is 15.7. The Morgan fingerprint density at radius 3 is 1.74 bits per heavy atom. The molecule has 0 aromatic heterocycles. The van der Waals surface area contributed by atoms with Gasteiger partial charge in [-0.2, -0.15) is 0 Å². The zero-order chi connectivity index (χ0) is 45.7. The van der Waals surface area contributed by atoms with Crippen LogP contribution in [0, 0.1) is 0 Å². The maximum Gasteiger partial charge on any atom is 0.266 e. The number of hydrogen-bond acceptors (Lipinski definition) is 14. The molecule has 2 N–H and O–H groups in total. The Morgan fingerprint density at radius 1 is 0.692 bits per heavy atom. The topological polar surface area (TPSA) is 196 Å². The van der Waals surface area contributed by atoms with E-state index in [0.717, 1.165) is 43.2 Å². The van der Waals surface area contributed by atoms with Crippen LogP contribution in [0.3, 0.4) is 0 Å². The fourth-order valence-corrected chi connectivity index (χ4v) is 21.7. The van der Waals surface area contributed by atoms with Crippen molar-refractivity contribution in [3.8, 4) is 0 Å². The number of piperazine rings is 1. The molecule has 338 valence electrons. The number of amides is 4. The van der Waals surface area contributed by atoms with E-state index in [0.29, 0.717) is 11.1 Å². The summed E-state index contributed by atoms with van der Waals surface area (Å²) >= 11 is 0. The molecule has 0 radical (unpaired) electrons. The number of carbonyl (C=O) groups excluding carboxylic acids is 4. The summed E-state index contributed by atoms with van der Waals surface area (Å²) in [7, 11) is -2.16. The fourth-order valence-electron chi connectivity index (χ4n) is 11.7. The van der Waals surface area contributed by atoms with Gasteiger partial charge in [-0.3, -0.25) is 29.0 Å². The normalized spacial score (nSPS) is 32.0. The molecule has 1 spiro atoms. The van der Waals surface area contributed by atoms with Crippen LogP contribution in [-0.4, -0.2) is 137 Å². The van der Waals surface area contributed by atoms with E-state index in [-0.39, 0.29) is 46.3 Å². The van der Waals surface area contributed by atoms with E-state index < -0.39 is 94.7 Å². The molecule has 8 aliphatic heterocycles. The van der Waals surface area contributed by atoms with Crippen molar-refractivity contribution in [1.82, 2.24) is 19.6 Å². The van der Waals surface area contributed by atoms with E-state index in [1.807, 2.05) is 0 Å². The quantitative estimate of drug-likeness (QED) is 0.232. The van der Waals surface area contributed by atoms with Gasteiger partial charge in [0.1, 0.15) is 12.3 Å². The van der Waals surface area contributed by atoms with Crippen molar-refractivity contribution in [3.05, 3.63) is 120 Å². The number of benzene rings is 4. The van der Waals surface area contributed by atoms with Gasteiger partial charge in [-0.15, -0.1) is 0 Å². The molecule has 0 aliphatic carbocycles. The summed E-state index contributed by atoms with van der Waals surface area (Å²) in [6, 6.07) is 28.8. The molecule has 4 aromatic rings. The molecule has 8 heterocycles. The zero-order valence-electron chi connectivity index (χ0n) is 34.6. The van der Waals surface area contributed by atoms with Crippen molar-refractivity contribution in [3.63, 3.8) is 0 Å². The lowest BCUT2D eigenvalue weighted by atomic mass is 9.54. The van der Waals surface area contributed by atoms with Gasteiger partial charge in [0.2, 0.25) is 10.8 Å². The third kappa shape index (κ3) is 5.01. The Kier molecular flexibility index (Phi) is 9.50. The van der Waals surface area contributed by atoms with Crippen LogP contribution in [0.15, 0.2) is 119 Å². The maximum absolute atomic E-state index is 15.7. The summed E-state index contributed by atoms with van der Waals surface area (Å²) in [6.07, 6.45) is -3.84. The van der Waals surface area contributed by atoms with Gasteiger partial charge < -0.3 is 20.0 Å². The number of aliphatic hydroxyl groups is 2. The molecular weight excluding hydrogens is 953 g/mol. The molecule has 4 aromatic carbocycles. The standard InChI is InChI=1S/C43H40N6O10S6/c1-44(21-22-50)36(53)41-24-39(29-17-9-11-19-31(29)48(34(39)46(41)33(52)23-60-61-41)64(56,57)27-13-5-3-6-14-27)40-25-42-37(54)45(2)43(26-51,63-62-42)38(55)47(42)35(40)49(32-20-12-10-18-30(32)40)65(58,59)28-15-7-4-8-16-28/h3-20,34-35,50-51H,21-26H2,1-2H3/t34-,35-,39-,40-,41-,42-,43-/m0/s1. The van der Waals surface area contributed by atoms with Gasteiger partial charge >= 0.3 is 0 Å². The number of carbonyl (C=O) groups is 4. The highest BCUT2D eigenvalue weighted by molar-refractivity contribution is 8.78. The number of fused-ring (bicyclic) bond motifs is 11. The molecule has 8 aliphatic rings. The second-order valence-corrected chi connectivity index (χ2v) is 26.0. The second kappa shape index (κ2) is 14.3. The Hall–Kier alpha value is -4.42. The van der Waals surface area contributed by atoms with E-state index in [4.69, 9.17) is 0 Å². The van der Waals surface area contributed by atoms with Crippen molar-refractivity contribution in [2.45, 2.75) is 60.4 Å². The average Bonchev–Trinajstić information content (AvgIpc) is 3.99. The zero-order valence-corrected chi connectivity index (χ0v) is 39.5. The van der Waals surface area contributed by atoms with E-state index in [1.54, 1.807) is 84.9 Å². The van der Waals surface area contributed by atoms with Crippen LogP contribution in [-0.2, 0) is 50.1 Å². The number of hydrogen-bond donors (Lipinski definition) is 2.